The first-order valence-corrected chi connectivity index (χ1v) is 6.51. The van der Waals surface area contributed by atoms with Crippen LogP contribution in [-0.2, 0) is 11.3 Å². The Hall–Kier alpha value is -2.30. The SMILES string of the molecule is O=C(CCCOc1ccc(F)cc1)NCc1cc[nH]c1. The van der Waals surface area contributed by atoms with Gasteiger partial charge in [-0.15, -0.1) is 0 Å². The van der Waals surface area contributed by atoms with Crippen molar-refractivity contribution in [2.24, 2.45) is 0 Å². The fourth-order valence-corrected chi connectivity index (χ4v) is 1.71. The van der Waals surface area contributed by atoms with Gasteiger partial charge in [-0.25, -0.2) is 4.39 Å². The van der Waals surface area contributed by atoms with E-state index >= 15 is 0 Å². The highest BCUT2D eigenvalue weighted by Gasteiger charge is 2.02. The van der Waals surface area contributed by atoms with E-state index in [0.29, 0.717) is 31.7 Å². The first-order valence-electron chi connectivity index (χ1n) is 6.51. The predicted molar refractivity (Wildman–Crippen MR) is 73.8 cm³/mol. The molecule has 0 fully saturated rings. The molecule has 2 aromatic rings. The van der Waals surface area contributed by atoms with Crippen LogP contribution in [0, 0.1) is 5.82 Å². The van der Waals surface area contributed by atoms with Gasteiger partial charge in [0.15, 0.2) is 0 Å². The van der Waals surface area contributed by atoms with E-state index in [-0.39, 0.29) is 11.7 Å². The number of carbonyl (C=O) groups excluding carboxylic acids is 1. The number of hydrogen-bond acceptors (Lipinski definition) is 2. The molecule has 0 aliphatic heterocycles. The Balaban J connectivity index is 1.58. The molecule has 1 amide bonds. The molecule has 2 N–H and O–H groups in total. The molecule has 0 spiro atoms. The van der Waals surface area contributed by atoms with Gasteiger partial charge in [0.2, 0.25) is 5.91 Å². The van der Waals surface area contributed by atoms with E-state index in [0.717, 1.165) is 5.56 Å². The van der Waals surface area contributed by atoms with Crippen LogP contribution in [0.1, 0.15) is 18.4 Å². The van der Waals surface area contributed by atoms with Crippen molar-refractivity contribution in [3.63, 3.8) is 0 Å². The third-order valence-corrected chi connectivity index (χ3v) is 2.78. The van der Waals surface area contributed by atoms with E-state index in [9.17, 15) is 9.18 Å². The smallest absolute Gasteiger partial charge is 0.220 e. The second-order valence-electron chi connectivity index (χ2n) is 4.40. The van der Waals surface area contributed by atoms with Crippen molar-refractivity contribution in [2.45, 2.75) is 19.4 Å². The van der Waals surface area contributed by atoms with Crippen LogP contribution in [0.3, 0.4) is 0 Å². The van der Waals surface area contributed by atoms with Crippen molar-refractivity contribution in [1.29, 1.82) is 0 Å². The van der Waals surface area contributed by atoms with Gasteiger partial charge in [0.05, 0.1) is 6.61 Å². The van der Waals surface area contributed by atoms with Crippen LogP contribution in [0.2, 0.25) is 0 Å². The average Bonchev–Trinajstić information content (AvgIpc) is 2.96. The van der Waals surface area contributed by atoms with Crippen LogP contribution in [0.25, 0.3) is 0 Å². The van der Waals surface area contributed by atoms with Gasteiger partial charge in [-0.2, -0.15) is 0 Å². The van der Waals surface area contributed by atoms with Gasteiger partial charge in [-0.05, 0) is 42.3 Å². The number of aromatic nitrogens is 1. The lowest BCUT2D eigenvalue weighted by Crippen LogP contribution is -2.22. The number of nitrogens with one attached hydrogen (secondary N) is 2. The van der Waals surface area contributed by atoms with Crippen LogP contribution in [0.15, 0.2) is 42.7 Å². The van der Waals surface area contributed by atoms with Crippen LogP contribution in [0.4, 0.5) is 4.39 Å². The Morgan fingerprint density at radius 3 is 2.75 bits per heavy atom. The molecule has 0 bridgehead atoms. The number of halogens is 1. The van der Waals surface area contributed by atoms with Gasteiger partial charge >= 0.3 is 0 Å². The van der Waals surface area contributed by atoms with Crippen molar-refractivity contribution in [3.8, 4) is 5.75 Å². The van der Waals surface area contributed by atoms with Crippen molar-refractivity contribution in [2.75, 3.05) is 6.61 Å². The third kappa shape index (κ3) is 4.76. The minimum absolute atomic E-state index is 0.00564. The molecule has 106 valence electrons. The lowest BCUT2D eigenvalue weighted by Gasteiger charge is -2.06. The zero-order valence-electron chi connectivity index (χ0n) is 11.1. The maximum absolute atomic E-state index is 12.7. The highest BCUT2D eigenvalue weighted by molar-refractivity contribution is 5.75. The van der Waals surface area contributed by atoms with Gasteiger partial charge in [-0.1, -0.05) is 0 Å². The van der Waals surface area contributed by atoms with E-state index in [1.165, 1.54) is 12.1 Å². The molecule has 1 aromatic carbocycles. The molecule has 0 atom stereocenters. The summed E-state index contributed by atoms with van der Waals surface area (Å²) in [5.74, 6) is 0.314. The second kappa shape index (κ2) is 7.33. The van der Waals surface area contributed by atoms with E-state index in [4.69, 9.17) is 4.74 Å². The normalized spacial score (nSPS) is 10.2. The number of hydrogen-bond donors (Lipinski definition) is 2. The van der Waals surface area contributed by atoms with Crippen molar-refractivity contribution in [1.82, 2.24) is 10.3 Å². The van der Waals surface area contributed by atoms with Gasteiger partial charge in [0.1, 0.15) is 11.6 Å². The zero-order valence-corrected chi connectivity index (χ0v) is 11.1. The lowest BCUT2D eigenvalue weighted by atomic mass is 10.3. The maximum atomic E-state index is 12.7. The molecule has 20 heavy (non-hydrogen) atoms. The number of amides is 1. The number of H-pyrrole nitrogens is 1. The van der Waals surface area contributed by atoms with Crippen LogP contribution < -0.4 is 10.1 Å². The second-order valence-corrected chi connectivity index (χ2v) is 4.40. The lowest BCUT2D eigenvalue weighted by molar-refractivity contribution is -0.121. The molecule has 5 heteroatoms. The largest absolute Gasteiger partial charge is 0.494 e. The highest BCUT2D eigenvalue weighted by atomic mass is 19.1. The summed E-state index contributed by atoms with van der Waals surface area (Å²) in [6.07, 6.45) is 4.69. The topological polar surface area (TPSA) is 54.1 Å². The van der Waals surface area contributed by atoms with Crippen LogP contribution in [0.5, 0.6) is 5.75 Å². The molecular weight excluding hydrogens is 259 g/mol. The highest BCUT2D eigenvalue weighted by Crippen LogP contribution is 2.11. The Morgan fingerprint density at radius 1 is 1.25 bits per heavy atom. The molecule has 0 saturated carbocycles. The quantitative estimate of drug-likeness (QED) is 0.764. The van der Waals surface area contributed by atoms with Crippen LogP contribution >= 0.6 is 0 Å². The number of aromatic amines is 1. The monoisotopic (exact) mass is 276 g/mol. The summed E-state index contributed by atoms with van der Waals surface area (Å²) in [6.45, 7) is 0.963. The van der Waals surface area contributed by atoms with E-state index in [1.807, 2.05) is 18.5 Å². The van der Waals surface area contributed by atoms with E-state index in [2.05, 4.69) is 10.3 Å². The number of ether oxygens (including phenoxy) is 1. The fourth-order valence-electron chi connectivity index (χ4n) is 1.71. The minimum atomic E-state index is -0.290. The molecular formula is C15H17FN2O2. The molecule has 1 heterocycles. The summed E-state index contributed by atoms with van der Waals surface area (Å²) in [4.78, 5) is 14.5. The van der Waals surface area contributed by atoms with Crippen molar-refractivity contribution >= 4 is 5.91 Å². The van der Waals surface area contributed by atoms with Crippen molar-refractivity contribution < 1.29 is 13.9 Å². The van der Waals surface area contributed by atoms with Gasteiger partial charge < -0.3 is 15.0 Å². The Kier molecular flexibility index (Phi) is 5.17. The molecule has 0 aliphatic rings. The third-order valence-electron chi connectivity index (χ3n) is 2.78. The fraction of sp³-hybridized carbons (Fsp3) is 0.267. The maximum Gasteiger partial charge on any atom is 0.220 e. The van der Waals surface area contributed by atoms with Crippen molar-refractivity contribution in [3.05, 3.63) is 54.1 Å². The summed E-state index contributed by atoms with van der Waals surface area (Å²) >= 11 is 0. The Bertz CT molecular complexity index is 523. The van der Waals surface area contributed by atoms with Gasteiger partial charge in [0.25, 0.3) is 0 Å². The average molecular weight is 276 g/mol. The minimum Gasteiger partial charge on any atom is -0.494 e. The molecule has 1 aromatic heterocycles. The predicted octanol–water partition coefficient (Wildman–Crippen LogP) is 2.63. The Morgan fingerprint density at radius 2 is 2.05 bits per heavy atom. The molecule has 4 nitrogen and oxygen atoms in total. The van der Waals surface area contributed by atoms with Gasteiger partial charge in [-0.3, -0.25) is 4.79 Å². The first-order chi connectivity index (χ1) is 9.74. The molecule has 0 unspecified atom stereocenters. The van der Waals surface area contributed by atoms with Crippen LogP contribution in [-0.4, -0.2) is 17.5 Å². The summed E-state index contributed by atoms with van der Waals surface area (Å²) in [5.41, 5.74) is 1.04. The van der Waals surface area contributed by atoms with E-state index < -0.39 is 0 Å². The standard InChI is InChI=1S/C15H17FN2O2/c16-13-3-5-14(6-4-13)20-9-1-2-15(19)18-11-12-7-8-17-10-12/h3-8,10,17H,1-2,9,11H2,(H,18,19). The number of benzene rings is 1. The summed E-state index contributed by atoms with van der Waals surface area (Å²) in [5, 5.41) is 2.83. The number of rotatable bonds is 7. The van der Waals surface area contributed by atoms with Gasteiger partial charge in [0, 0.05) is 25.4 Å². The summed E-state index contributed by atoms with van der Waals surface area (Å²) in [7, 11) is 0. The zero-order chi connectivity index (χ0) is 14.2. The summed E-state index contributed by atoms with van der Waals surface area (Å²) in [6, 6.07) is 7.75. The van der Waals surface area contributed by atoms with E-state index in [1.54, 1.807) is 12.1 Å². The first kappa shape index (κ1) is 14.1. The molecule has 0 saturated heterocycles. The summed E-state index contributed by atoms with van der Waals surface area (Å²) < 4.78 is 18.1. The molecule has 0 aliphatic carbocycles. The Labute approximate surface area is 117 Å². The molecule has 2 rings (SSSR count). The molecule has 0 radical (unpaired) electrons. The number of carbonyl (C=O) groups is 1.